The van der Waals surface area contributed by atoms with Crippen LogP contribution in [0.1, 0.15) is 16.1 Å². The quantitative estimate of drug-likeness (QED) is 0.732. The van der Waals surface area contributed by atoms with E-state index in [1.807, 2.05) is 0 Å². The third-order valence-electron chi connectivity index (χ3n) is 3.45. The topological polar surface area (TPSA) is 87.2 Å². The number of nitrogens with zero attached hydrogens (tertiary/aromatic N) is 1. The van der Waals surface area contributed by atoms with Gasteiger partial charge in [-0.2, -0.15) is 18.3 Å². The number of ketones is 1. The van der Waals surface area contributed by atoms with Crippen LogP contribution in [0.4, 0.5) is 19.0 Å². The molecular formula is C15H12F3N3O3. The summed E-state index contributed by atoms with van der Waals surface area (Å²) in [5, 5.41) is 18.9. The van der Waals surface area contributed by atoms with Gasteiger partial charge in [0, 0.05) is 18.0 Å². The van der Waals surface area contributed by atoms with Crippen molar-refractivity contribution < 1.29 is 27.8 Å². The first-order valence-electron chi connectivity index (χ1n) is 6.83. The Kier molecular flexibility index (Phi) is 3.60. The number of hydrogen-bond acceptors (Lipinski definition) is 5. The average molecular weight is 339 g/mol. The number of para-hydroxylation sites is 1. The zero-order valence-electron chi connectivity index (χ0n) is 12.3. The van der Waals surface area contributed by atoms with Crippen LogP contribution in [0.5, 0.6) is 5.75 Å². The lowest BCUT2D eigenvalue weighted by atomic mass is 9.92. The lowest BCUT2D eigenvalue weighted by Gasteiger charge is -2.36. The number of halogens is 3. The highest BCUT2D eigenvalue weighted by atomic mass is 19.4. The number of anilines is 1. The first-order valence-corrected chi connectivity index (χ1v) is 6.83. The van der Waals surface area contributed by atoms with Crippen LogP contribution < -0.4 is 10.1 Å². The molecule has 9 heteroatoms. The summed E-state index contributed by atoms with van der Waals surface area (Å²) in [5.74, 6) is -4.89. The second-order valence-corrected chi connectivity index (χ2v) is 5.21. The number of H-pyrrole nitrogens is 1. The van der Waals surface area contributed by atoms with E-state index in [1.165, 1.54) is 30.3 Å². The molecule has 6 nitrogen and oxygen atoms in total. The van der Waals surface area contributed by atoms with Gasteiger partial charge in [0.1, 0.15) is 5.75 Å². The van der Waals surface area contributed by atoms with E-state index < -0.39 is 23.3 Å². The van der Waals surface area contributed by atoms with Crippen molar-refractivity contribution in [1.29, 1.82) is 0 Å². The molecule has 1 atom stereocenters. The molecule has 0 aliphatic carbocycles. The number of Topliss-reactive ketones (excluding diaryl/α,β-unsaturated/α-hetero) is 1. The molecular weight excluding hydrogens is 327 g/mol. The Balaban J connectivity index is 2.07. The summed E-state index contributed by atoms with van der Waals surface area (Å²) >= 11 is 0. The van der Waals surface area contributed by atoms with Gasteiger partial charge in [0.15, 0.2) is 5.82 Å². The number of fused-ring (bicyclic) bond motifs is 1. The predicted molar refractivity (Wildman–Crippen MR) is 77.4 cm³/mol. The minimum Gasteiger partial charge on any atom is -0.449 e. The normalized spacial score (nSPS) is 22.2. The second-order valence-electron chi connectivity index (χ2n) is 5.21. The Labute approximate surface area is 133 Å². The molecule has 1 aromatic carbocycles. The molecule has 0 saturated carbocycles. The van der Waals surface area contributed by atoms with Crippen LogP contribution in [0.15, 0.2) is 42.1 Å². The van der Waals surface area contributed by atoms with Crippen LogP contribution in [0.2, 0.25) is 0 Å². The highest BCUT2D eigenvalue weighted by molar-refractivity contribution is 6.12. The summed E-state index contributed by atoms with van der Waals surface area (Å²) < 4.78 is 44.8. The van der Waals surface area contributed by atoms with Crippen molar-refractivity contribution in [3.8, 4) is 5.75 Å². The highest BCUT2D eigenvalue weighted by Crippen LogP contribution is 2.44. The van der Waals surface area contributed by atoms with Gasteiger partial charge in [0.25, 0.3) is 0 Å². The Bertz CT molecular complexity index is 829. The van der Waals surface area contributed by atoms with E-state index in [0.717, 1.165) is 6.20 Å². The van der Waals surface area contributed by atoms with Gasteiger partial charge in [-0.05, 0) is 19.1 Å². The van der Waals surface area contributed by atoms with E-state index in [0.29, 0.717) is 5.69 Å². The number of carbonyl (C=O) groups excluding carboxylic acids is 1. The van der Waals surface area contributed by atoms with Gasteiger partial charge in [-0.1, -0.05) is 12.1 Å². The second kappa shape index (κ2) is 5.38. The third kappa shape index (κ3) is 2.52. The third-order valence-corrected chi connectivity index (χ3v) is 3.45. The summed E-state index contributed by atoms with van der Waals surface area (Å²) in [4.78, 5) is 12.4. The molecule has 1 aliphatic heterocycles. The number of benzene rings is 1. The van der Waals surface area contributed by atoms with Crippen molar-refractivity contribution in [1.82, 2.24) is 10.2 Å². The maximum absolute atomic E-state index is 13.4. The van der Waals surface area contributed by atoms with E-state index in [-0.39, 0.29) is 17.1 Å². The van der Waals surface area contributed by atoms with Crippen molar-refractivity contribution in [2.45, 2.75) is 18.9 Å². The summed E-state index contributed by atoms with van der Waals surface area (Å²) in [5.41, 5.74) is -0.384. The van der Waals surface area contributed by atoms with Crippen LogP contribution in [0, 0.1) is 6.92 Å². The molecule has 2 aromatic rings. The predicted octanol–water partition coefficient (Wildman–Crippen LogP) is 2.54. The number of ether oxygens (including phenoxy) is 1. The summed E-state index contributed by atoms with van der Waals surface area (Å²) in [6, 6.07) is 6.92. The molecule has 1 aliphatic rings. The number of carbonyl (C=O) groups is 1. The number of nitrogens with one attached hydrogen (secondary N) is 2. The van der Waals surface area contributed by atoms with Crippen molar-refractivity contribution in [2.75, 3.05) is 5.32 Å². The molecule has 3 N–H and O–H groups in total. The standard InChI is InChI=1S/C15H12F3N3O3/c1-8-6-12(21-20-8)19-7-10-13(22)9-4-2-3-5-11(9)24-14(10,23)15(16,17)18/h2-7,23H,1H3,(H2,19,20,21)/b10-7+. The molecule has 0 bridgehead atoms. The summed E-state index contributed by atoms with van der Waals surface area (Å²) in [6.07, 6.45) is -4.47. The molecule has 0 fully saturated rings. The van der Waals surface area contributed by atoms with E-state index in [1.54, 1.807) is 6.92 Å². The van der Waals surface area contributed by atoms with Crippen LogP contribution in [0.25, 0.3) is 0 Å². The van der Waals surface area contributed by atoms with Crippen molar-refractivity contribution in [2.24, 2.45) is 0 Å². The molecule has 1 unspecified atom stereocenters. The zero-order valence-corrected chi connectivity index (χ0v) is 12.3. The van der Waals surface area contributed by atoms with Crippen LogP contribution in [-0.2, 0) is 0 Å². The number of alkyl halides is 3. The van der Waals surface area contributed by atoms with Crippen molar-refractivity contribution >= 4 is 11.6 Å². The van der Waals surface area contributed by atoms with Gasteiger partial charge in [0.05, 0.1) is 11.1 Å². The molecule has 0 amide bonds. The van der Waals surface area contributed by atoms with Gasteiger partial charge in [-0.15, -0.1) is 0 Å². The highest BCUT2D eigenvalue weighted by Gasteiger charge is 2.63. The zero-order chi connectivity index (χ0) is 17.5. The molecule has 126 valence electrons. The Morgan fingerprint density at radius 3 is 2.71 bits per heavy atom. The largest absolute Gasteiger partial charge is 0.460 e. The van der Waals surface area contributed by atoms with Crippen LogP contribution >= 0.6 is 0 Å². The number of aliphatic hydroxyl groups is 1. The van der Waals surface area contributed by atoms with E-state index in [9.17, 15) is 23.1 Å². The SMILES string of the molecule is Cc1cc(N/C=C2\C(=O)c3ccccc3OC2(O)C(F)(F)F)n[nH]1. The smallest absolute Gasteiger partial charge is 0.449 e. The lowest BCUT2D eigenvalue weighted by molar-refractivity contribution is -0.315. The summed E-state index contributed by atoms with van der Waals surface area (Å²) in [7, 11) is 0. The van der Waals surface area contributed by atoms with E-state index in [2.05, 4.69) is 15.5 Å². The van der Waals surface area contributed by atoms with Crippen molar-refractivity contribution in [3.63, 3.8) is 0 Å². The fraction of sp³-hybridized carbons (Fsp3) is 0.200. The van der Waals surface area contributed by atoms with E-state index >= 15 is 0 Å². The molecule has 2 heterocycles. The number of aryl methyl sites for hydroxylation is 1. The lowest BCUT2D eigenvalue weighted by Crippen LogP contribution is -2.56. The maximum atomic E-state index is 13.4. The van der Waals surface area contributed by atoms with Crippen LogP contribution in [0.3, 0.4) is 0 Å². The fourth-order valence-electron chi connectivity index (χ4n) is 2.27. The minimum atomic E-state index is -5.22. The number of rotatable bonds is 2. The molecule has 0 spiro atoms. The molecule has 0 radical (unpaired) electrons. The van der Waals surface area contributed by atoms with Gasteiger partial charge < -0.3 is 15.2 Å². The van der Waals surface area contributed by atoms with Gasteiger partial charge in [-0.3, -0.25) is 9.89 Å². The molecule has 3 rings (SSSR count). The van der Waals surface area contributed by atoms with Gasteiger partial charge in [-0.25, -0.2) is 0 Å². The molecule has 0 saturated heterocycles. The number of aromatic nitrogens is 2. The van der Waals surface area contributed by atoms with Crippen molar-refractivity contribution in [3.05, 3.63) is 53.4 Å². The Morgan fingerprint density at radius 2 is 2.08 bits per heavy atom. The van der Waals surface area contributed by atoms with Gasteiger partial charge in [0.2, 0.25) is 5.78 Å². The molecule has 24 heavy (non-hydrogen) atoms. The first kappa shape index (κ1) is 16.1. The monoisotopic (exact) mass is 339 g/mol. The average Bonchev–Trinajstić information content (AvgIpc) is 2.91. The fourth-order valence-corrected chi connectivity index (χ4v) is 2.27. The van der Waals surface area contributed by atoms with E-state index in [4.69, 9.17) is 4.74 Å². The minimum absolute atomic E-state index is 0.0716. The number of aromatic amines is 1. The maximum Gasteiger partial charge on any atom is 0.460 e. The van der Waals surface area contributed by atoms with Gasteiger partial charge >= 0.3 is 12.0 Å². The summed E-state index contributed by atoms with van der Waals surface area (Å²) in [6.45, 7) is 1.70. The Morgan fingerprint density at radius 1 is 1.38 bits per heavy atom. The van der Waals surface area contributed by atoms with Crippen LogP contribution in [-0.4, -0.2) is 33.1 Å². The number of hydrogen-bond donors (Lipinski definition) is 3. The first-order chi connectivity index (χ1) is 11.2. The molecule has 1 aromatic heterocycles. The Hall–Kier alpha value is -2.81.